The van der Waals surface area contributed by atoms with E-state index in [2.05, 4.69) is 25.9 Å². The van der Waals surface area contributed by atoms with Crippen LogP contribution in [-0.4, -0.2) is 57.4 Å². The van der Waals surface area contributed by atoms with Crippen LogP contribution in [0.1, 0.15) is 0 Å². The number of hydrogen-bond donors (Lipinski definition) is 2. The van der Waals surface area contributed by atoms with Gasteiger partial charge in [-0.15, -0.1) is 5.10 Å². The third-order valence-electron chi connectivity index (χ3n) is 4.62. The molecule has 3 aromatic rings. The maximum atomic E-state index is 14.8. The number of anilines is 1. The van der Waals surface area contributed by atoms with Crippen molar-refractivity contribution in [2.45, 2.75) is 6.10 Å². The molecule has 1 aromatic carbocycles. The number of rotatable bonds is 5. The minimum absolute atomic E-state index is 0.0645. The number of ether oxygens (including phenoxy) is 1. The number of nitrogens with one attached hydrogen (secondary N) is 2. The van der Waals surface area contributed by atoms with Crippen molar-refractivity contribution in [1.82, 2.24) is 30.6 Å². The molecule has 0 aliphatic carbocycles. The monoisotopic (exact) mass is 445 g/mol. The highest BCUT2D eigenvalue weighted by atomic mass is 32.1. The molecule has 1 aliphatic rings. The highest BCUT2D eigenvalue weighted by Gasteiger charge is 2.33. The van der Waals surface area contributed by atoms with E-state index in [0.717, 1.165) is 12.1 Å². The van der Waals surface area contributed by atoms with E-state index in [1.54, 1.807) is 19.3 Å². The molecule has 9 nitrogen and oxygen atoms in total. The van der Waals surface area contributed by atoms with Crippen LogP contribution in [-0.2, 0) is 4.74 Å². The Morgan fingerprint density at radius 1 is 1.32 bits per heavy atom. The summed E-state index contributed by atoms with van der Waals surface area (Å²) in [6, 6.07) is 5.29. The van der Waals surface area contributed by atoms with Crippen LogP contribution in [0.15, 0.2) is 42.9 Å². The molecule has 2 N–H and O–H groups in total. The summed E-state index contributed by atoms with van der Waals surface area (Å²) in [5.41, 5.74) is 0.0678. The van der Waals surface area contributed by atoms with Gasteiger partial charge in [-0.2, -0.15) is 0 Å². The highest BCUT2D eigenvalue weighted by molar-refractivity contribution is 7.80. The molecule has 1 fully saturated rings. The molecule has 0 spiro atoms. The van der Waals surface area contributed by atoms with Gasteiger partial charge in [-0.3, -0.25) is 4.90 Å². The van der Waals surface area contributed by atoms with Crippen molar-refractivity contribution in [1.29, 1.82) is 0 Å². The van der Waals surface area contributed by atoms with E-state index in [-0.39, 0.29) is 29.9 Å². The number of aromatic nitrogens is 4. The third-order valence-corrected chi connectivity index (χ3v) is 4.97. The van der Waals surface area contributed by atoms with Gasteiger partial charge in [0.25, 0.3) is 0 Å². The summed E-state index contributed by atoms with van der Waals surface area (Å²) < 4.78 is 36.3. The predicted molar refractivity (Wildman–Crippen MR) is 112 cm³/mol. The highest BCUT2D eigenvalue weighted by Crippen LogP contribution is 2.31. The molecule has 1 saturated heterocycles. The molecule has 160 valence electrons. The van der Waals surface area contributed by atoms with Gasteiger partial charge in [0, 0.05) is 18.8 Å². The topological polar surface area (TPSA) is 97.2 Å². The molecule has 12 heteroatoms. The van der Waals surface area contributed by atoms with E-state index in [9.17, 15) is 13.6 Å². The fourth-order valence-corrected chi connectivity index (χ4v) is 3.21. The Hall–Kier alpha value is -3.67. The van der Waals surface area contributed by atoms with E-state index in [4.69, 9.17) is 17.0 Å². The van der Waals surface area contributed by atoms with Gasteiger partial charge in [-0.25, -0.2) is 23.2 Å². The number of benzene rings is 1. The smallest absolute Gasteiger partial charge is 0.414 e. The second kappa shape index (κ2) is 8.60. The molecule has 31 heavy (non-hydrogen) atoms. The minimum Gasteiger partial charge on any atom is -0.442 e. The van der Waals surface area contributed by atoms with Crippen LogP contribution in [0.2, 0.25) is 0 Å². The second-order valence-corrected chi connectivity index (χ2v) is 7.02. The number of carbonyl (C=O) groups is 1. The Morgan fingerprint density at radius 2 is 2.10 bits per heavy atom. The summed E-state index contributed by atoms with van der Waals surface area (Å²) in [6.07, 6.45) is 3.23. The molecule has 3 heterocycles. The van der Waals surface area contributed by atoms with Crippen LogP contribution in [0.5, 0.6) is 0 Å². The number of amides is 1. The number of thiocarbonyl (C=S) groups is 1. The SMILES string of the molecule is CNC(=S)NC[C@H]1CN(c2cc(F)c(-c3ccc(-n4ccnn4)nc3)c(F)c2)C(=O)O1. The summed E-state index contributed by atoms with van der Waals surface area (Å²) in [7, 11) is 1.66. The van der Waals surface area contributed by atoms with Crippen LogP contribution in [0.25, 0.3) is 16.9 Å². The fourth-order valence-electron chi connectivity index (χ4n) is 3.12. The molecule has 0 radical (unpaired) electrons. The molecule has 2 aromatic heterocycles. The largest absolute Gasteiger partial charge is 0.442 e. The second-order valence-electron chi connectivity index (χ2n) is 6.61. The minimum atomic E-state index is -0.823. The van der Waals surface area contributed by atoms with Crippen molar-refractivity contribution >= 4 is 29.1 Å². The molecule has 1 amide bonds. The van der Waals surface area contributed by atoms with Crippen LogP contribution < -0.4 is 15.5 Å². The van der Waals surface area contributed by atoms with Gasteiger partial charge in [-0.1, -0.05) is 5.21 Å². The van der Waals surface area contributed by atoms with Crippen molar-refractivity contribution in [3.8, 4) is 16.9 Å². The fraction of sp³-hybridized carbons (Fsp3) is 0.211. The number of carbonyl (C=O) groups excluding carboxylic acids is 1. The standard InChI is InChI=1S/C19H17F2N7O2S/c1-22-18(31)24-9-13-10-27(19(29)30-13)12-6-14(20)17(15(21)7-12)11-2-3-16(23-8-11)28-5-4-25-26-28/h2-8,13H,9-10H2,1H3,(H2,22,24,31)/t13-/m0/s1. The van der Waals surface area contributed by atoms with Crippen molar-refractivity contribution in [2.24, 2.45) is 0 Å². The number of pyridine rings is 1. The van der Waals surface area contributed by atoms with E-state index in [0.29, 0.717) is 10.9 Å². The van der Waals surface area contributed by atoms with Gasteiger partial charge in [0.15, 0.2) is 10.9 Å². The third kappa shape index (κ3) is 4.28. The van der Waals surface area contributed by atoms with E-state index in [1.807, 2.05) is 0 Å². The summed E-state index contributed by atoms with van der Waals surface area (Å²) in [5.74, 6) is -1.19. The Labute approximate surface area is 181 Å². The Balaban J connectivity index is 1.53. The lowest BCUT2D eigenvalue weighted by Gasteiger charge is -2.15. The molecule has 1 atom stereocenters. The van der Waals surface area contributed by atoms with Crippen molar-refractivity contribution in [3.63, 3.8) is 0 Å². The molecule has 1 aliphatic heterocycles. The summed E-state index contributed by atoms with van der Waals surface area (Å²) >= 11 is 4.98. The van der Waals surface area contributed by atoms with Gasteiger partial charge < -0.3 is 15.4 Å². The number of hydrogen-bond acceptors (Lipinski definition) is 6. The van der Waals surface area contributed by atoms with Gasteiger partial charge in [0.2, 0.25) is 0 Å². The molecule has 0 saturated carbocycles. The number of cyclic esters (lactones) is 1. The van der Waals surface area contributed by atoms with Crippen LogP contribution >= 0.6 is 12.2 Å². The maximum Gasteiger partial charge on any atom is 0.414 e. The molecular weight excluding hydrogens is 428 g/mol. The molecule has 4 rings (SSSR count). The molecular formula is C19H17F2N7O2S. The van der Waals surface area contributed by atoms with Crippen molar-refractivity contribution in [3.05, 3.63) is 54.5 Å². The first kappa shape index (κ1) is 20.6. The van der Waals surface area contributed by atoms with Crippen LogP contribution in [0.4, 0.5) is 19.3 Å². The van der Waals surface area contributed by atoms with Gasteiger partial charge in [0.1, 0.15) is 17.7 Å². The average molecular weight is 445 g/mol. The Kier molecular flexibility index (Phi) is 5.71. The van der Waals surface area contributed by atoms with Gasteiger partial charge in [0.05, 0.1) is 36.7 Å². The lowest BCUT2D eigenvalue weighted by Crippen LogP contribution is -2.39. The number of halogens is 2. The van der Waals surface area contributed by atoms with Crippen LogP contribution in [0.3, 0.4) is 0 Å². The van der Waals surface area contributed by atoms with E-state index >= 15 is 0 Å². The van der Waals surface area contributed by atoms with Crippen LogP contribution in [0, 0.1) is 11.6 Å². The Morgan fingerprint density at radius 3 is 2.71 bits per heavy atom. The lowest BCUT2D eigenvalue weighted by atomic mass is 10.1. The Bertz CT molecular complexity index is 1090. The normalized spacial score (nSPS) is 15.6. The van der Waals surface area contributed by atoms with E-state index in [1.165, 1.54) is 28.0 Å². The van der Waals surface area contributed by atoms with Gasteiger partial charge in [-0.05, 0) is 36.5 Å². The zero-order valence-corrected chi connectivity index (χ0v) is 17.1. The van der Waals surface area contributed by atoms with Crippen molar-refractivity contribution in [2.75, 3.05) is 25.0 Å². The average Bonchev–Trinajstić information content (AvgIpc) is 3.42. The predicted octanol–water partition coefficient (Wildman–Crippen LogP) is 2.03. The maximum absolute atomic E-state index is 14.8. The molecule has 0 bridgehead atoms. The lowest BCUT2D eigenvalue weighted by molar-refractivity contribution is 0.143. The van der Waals surface area contributed by atoms with Crippen molar-refractivity contribution < 1.29 is 18.3 Å². The first-order chi connectivity index (χ1) is 15.0. The zero-order valence-electron chi connectivity index (χ0n) is 16.2. The quantitative estimate of drug-likeness (QED) is 0.576. The summed E-state index contributed by atoms with van der Waals surface area (Å²) in [5, 5.41) is 13.5. The zero-order chi connectivity index (χ0) is 22.0. The first-order valence-electron chi connectivity index (χ1n) is 9.22. The van der Waals surface area contributed by atoms with E-state index < -0.39 is 23.8 Å². The number of nitrogens with zero attached hydrogens (tertiary/aromatic N) is 5. The first-order valence-corrected chi connectivity index (χ1v) is 9.63. The summed E-state index contributed by atoms with van der Waals surface area (Å²) in [4.78, 5) is 17.5. The van der Waals surface area contributed by atoms with Gasteiger partial charge >= 0.3 is 6.09 Å². The molecule has 0 unspecified atom stereocenters. The summed E-state index contributed by atoms with van der Waals surface area (Å²) in [6.45, 7) is 0.402.